The molecule has 2 aromatic rings. The molecular formula is C29H39N. The molecule has 1 heteroatoms. The van der Waals surface area contributed by atoms with Crippen LogP contribution in [0.15, 0.2) is 48.5 Å². The zero-order chi connectivity index (χ0) is 21.2. The predicted molar refractivity (Wildman–Crippen MR) is 128 cm³/mol. The summed E-state index contributed by atoms with van der Waals surface area (Å²) in [6.07, 6.45) is 15.0. The molecule has 160 valence electrons. The Balaban J connectivity index is 1.58. The van der Waals surface area contributed by atoms with Gasteiger partial charge in [0.15, 0.2) is 0 Å². The number of rotatable bonds is 10. The van der Waals surface area contributed by atoms with Crippen molar-refractivity contribution >= 4 is 0 Å². The maximum absolute atomic E-state index is 10.1. The van der Waals surface area contributed by atoms with Gasteiger partial charge in [0.25, 0.3) is 0 Å². The van der Waals surface area contributed by atoms with Gasteiger partial charge in [-0.15, -0.1) is 0 Å². The summed E-state index contributed by atoms with van der Waals surface area (Å²) in [5, 5.41) is 10.1. The lowest BCUT2D eigenvalue weighted by Gasteiger charge is -2.35. The van der Waals surface area contributed by atoms with E-state index >= 15 is 0 Å². The molecule has 1 aliphatic carbocycles. The minimum Gasteiger partial charge on any atom is -0.197 e. The van der Waals surface area contributed by atoms with Crippen LogP contribution in [0.2, 0.25) is 0 Å². The molecule has 0 N–H and O–H groups in total. The van der Waals surface area contributed by atoms with Crippen molar-refractivity contribution in [3.63, 3.8) is 0 Å². The molecule has 0 unspecified atom stereocenters. The van der Waals surface area contributed by atoms with Crippen molar-refractivity contribution in [2.45, 2.75) is 96.3 Å². The SMILES string of the molecule is CCCCCCC[C@H]1CC[C@@](C#N)(c2ccc(-c3ccc(CCC)cc3)cc2)CC1. The van der Waals surface area contributed by atoms with Crippen molar-refractivity contribution in [1.82, 2.24) is 0 Å². The van der Waals surface area contributed by atoms with Gasteiger partial charge >= 0.3 is 0 Å². The smallest absolute Gasteiger partial charge is 0.0822 e. The minimum atomic E-state index is -0.276. The van der Waals surface area contributed by atoms with Gasteiger partial charge in [0.2, 0.25) is 0 Å². The second-order valence-corrected chi connectivity index (χ2v) is 9.36. The molecule has 1 aliphatic rings. The highest BCUT2D eigenvalue weighted by Gasteiger charge is 2.36. The van der Waals surface area contributed by atoms with Gasteiger partial charge in [0.05, 0.1) is 11.5 Å². The van der Waals surface area contributed by atoms with E-state index in [9.17, 15) is 5.26 Å². The average molecular weight is 402 g/mol. The van der Waals surface area contributed by atoms with Crippen molar-refractivity contribution in [2.75, 3.05) is 0 Å². The van der Waals surface area contributed by atoms with Gasteiger partial charge < -0.3 is 0 Å². The minimum absolute atomic E-state index is 0.276. The largest absolute Gasteiger partial charge is 0.197 e. The highest BCUT2D eigenvalue weighted by molar-refractivity contribution is 5.64. The van der Waals surface area contributed by atoms with Gasteiger partial charge in [0.1, 0.15) is 0 Å². The van der Waals surface area contributed by atoms with Gasteiger partial charge in [-0.1, -0.05) is 107 Å². The number of hydrogen-bond donors (Lipinski definition) is 0. The van der Waals surface area contributed by atoms with Crippen LogP contribution in [0.4, 0.5) is 0 Å². The Morgan fingerprint density at radius 2 is 1.40 bits per heavy atom. The fourth-order valence-corrected chi connectivity index (χ4v) is 5.09. The highest BCUT2D eigenvalue weighted by Crippen LogP contribution is 2.43. The van der Waals surface area contributed by atoms with Crippen molar-refractivity contribution in [3.05, 3.63) is 59.7 Å². The van der Waals surface area contributed by atoms with E-state index < -0.39 is 0 Å². The lowest BCUT2D eigenvalue weighted by molar-refractivity contribution is 0.261. The second-order valence-electron chi connectivity index (χ2n) is 9.36. The molecule has 0 saturated heterocycles. The molecule has 0 bridgehead atoms. The van der Waals surface area contributed by atoms with Gasteiger partial charge in [-0.25, -0.2) is 0 Å². The number of nitrogens with zero attached hydrogens (tertiary/aromatic N) is 1. The first-order valence-electron chi connectivity index (χ1n) is 12.3. The van der Waals surface area contributed by atoms with Crippen LogP contribution in [0, 0.1) is 17.2 Å². The summed E-state index contributed by atoms with van der Waals surface area (Å²) in [7, 11) is 0. The molecule has 1 nitrogen and oxygen atoms in total. The van der Waals surface area contributed by atoms with Crippen LogP contribution in [-0.2, 0) is 11.8 Å². The van der Waals surface area contributed by atoms with E-state index in [0.29, 0.717) is 0 Å². The monoisotopic (exact) mass is 401 g/mol. The van der Waals surface area contributed by atoms with Crippen LogP contribution in [0.5, 0.6) is 0 Å². The fourth-order valence-electron chi connectivity index (χ4n) is 5.09. The molecule has 2 aromatic carbocycles. The van der Waals surface area contributed by atoms with Crippen LogP contribution >= 0.6 is 0 Å². The Hall–Kier alpha value is -2.07. The first-order chi connectivity index (χ1) is 14.7. The zero-order valence-corrected chi connectivity index (χ0v) is 19.1. The number of nitriles is 1. The standard InChI is InChI=1S/C29H39N/c1-3-5-6-7-8-10-25-19-21-29(23-30,22-20-25)28-17-15-27(16-18-28)26-13-11-24(9-4-2)12-14-26/h11-18,25H,3-10,19-22H2,1-2H3/t25-,29+. The van der Waals surface area contributed by atoms with E-state index in [1.807, 2.05) is 0 Å². The summed E-state index contributed by atoms with van der Waals surface area (Å²) in [6, 6.07) is 20.5. The fraction of sp³-hybridized carbons (Fsp3) is 0.552. The molecule has 1 fully saturated rings. The number of benzene rings is 2. The van der Waals surface area contributed by atoms with Gasteiger partial charge in [-0.3, -0.25) is 0 Å². The Morgan fingerprint density at radius 1 is 0.800 bits per heavy atom. The summed E-state index contributed by atoms with van der Waals surface area (Å²) < 4.78 is 0. The van der Waals surface area contributed by atoms with Crippen molar-refractivity contribution in [2.24, 2.45) is 5.92 Å². The van der Waals surface area contributed by atoms with Crippen LogP contribution in [-0.4, -0.2) is 0 Å². The van der Waals surface area contributed by atoms with Gasteiger partial charge in [0, 0.05) is 0 Å². The molecule has 0 radical (unpaired) electrons. The van der Waals surface area contributed by atoms with Gasteiger partial charge in [-0.05, 0) is 60.3 Å². The molecule has 30 heavy (non-hydrogen) atoms. The van der Waals surface area contributed by atoms with E-state index in [1.165, 1.54) is 80.0 Å². The third-order valence-electron chi connectivity index (χ3n) is 7.15. The van der Waals surface area contributed by atoms with Crippen LogP contribution in [0.1, 0.15) is 95.6 Å². The molecule has 0 amide bonds. The maximum Gasteiger partial charge on any atom is 0.0822 e. The zero-order valence-electron chi connectivity index (χ0n) is 19.1. The third kappa shape index (κ3) is 5.75. The Morgan fingerprint density at radius 3 is 1.97 bits per heavy atom. The Kier molecular flexibility index (Phi) is 8.56. The molecule has 0 heterocycles. The van der Waals surface area contributed by atoms with E-state index in [-0.39, 0.29) is 5.41 Å². The van der Waals surface area contributed by atoms with Gasteiger partial charge in [-0.2, -0.15) is 5.26 Å². The summed E-state index contributed by atoms with van der Waals surface area (Å²) >= 11 is 0. The van der Waals surface area contributed by atoms with E-state index in [4.69, 9.17) is 0 Å². The summed E-state index contributed by atoms with van der Waals surface area (Å²) in [4.78, 5) is 0. The van der Waals surface area contributed by atoms with E-state index in [0.717, 1.165) is 25.2 Å². The first kappa shape index (κ1) is 22.6. The summed E-state index contributed by atoms with van der Waals surface area (Å²) in [5.41, 5.74) is 4.86. The van der Waals surface area contributed by atoms with Crippen LogP contribution in [0.25, 0.3) is 11.1 Å². The molecule has 0 atom stereocenters. The summed E-state index contributed by atoms with van der Waals surface area (Å²) in [5.74, 6) is 0.828. The lowest BCUT2D eigenvalue weighted by Crippen LogP contribution is -2.30. The first-order valence-corrected chi connectivity index (χ1v) is 12.3. The number of hydrogen-bond acceptors (Lipinski definition) is 1. The molecule has 3 rings (SSSR count). The Bertz CT molecular complexity index is 786. The normalized spacial score (nSPS) is 21.3. The average Bonchev–Trinajstić information content (AvgIpc) is 2.80. The lowest BCUT2D eigenvalue weighted by atomic mass is 9.66. The van der Waals surface area contributed by atoms with E-state index in [2.05, 4.69) is 68.4 Å². The van der Waals surface area contributed by atoms with Crippen LogP contribution in [0.3, 0.4) is 0 Å². The molecular weight excluding hydrogens is 362 g/mol. The Labute approximate surface area is 184 Å². The predicted octanol–water partition coefficient (Wildman–Crippen LogP) is 8.62. The number of aryl methyl sites for hydroxylation is 1. The number of unbranched alkanes of at least 4 members (excludes halogenated alkanes) is 4. The highest BCUT2D eigenvalue weighted by atomic mass is 14.4. The van der Waals surface area contributed by atoms with Crippen molar-refractivity contribution in [1.29, 1.82) is 5.26 Å². The van der Waals surface area contributed by atoms with Crippen molar-refractivity contribution < 1.29 is 0 Å². The topological polar surface area (TPSA) is 23.8 Å². The quantitative estimate of drug-likeness (QED) is 0.365. The maximum atomic E-state index is 10.1. The molecule has 1 saturated carbocycles. The third-order valence-corrected chi connectivity index (χ3v) is 7.15. The molecule has 0 aromatic heterocycles. The van der Waals surface area contributed by atoms with E-state index in [1.54, 1.807) is 0 Å². The molecule has 0 aliphatic heterocycles. The molecule has 0 spiro atoms. The summed E-state index contributed by atoms with van der Waals surface area (Å²) in [6.45, 7) is 4.50. The second kappa shape index (κ2) is 11.4. The van der Waals surface area contributed by atoms with Crippen LogP contribution < -0.4 is 0 Å². The van der Waals surface area contributed by atoms with Crippen molar-refractivity contribution in [3.8, 4) is 17.2 Å².